The monoisotopic (exact) mass is 362 g/mol. The van der Waals surface area contributed by atoms with Gasteiger partial charge in [0.15, 0.2) is 0 Å². The highest BCUT2D eigenvalue weighted by Gasteiger charge is 2.32. The molecule has 3 heterocycles. The lowest BCUT2D eigenvalue weighted by molar-refractivity contribution is 0.00902. The van der Waals surface area contributed by atoms with Crippen molar-refractivity contribution in [2.24, 2.45) is 0 Å². The first-order valence-electron chi connectivity index (χ1n) is 8.54. The first-order chi connectivity index (χ1) is 11.7. The molecular weight excluding hydrogens is 340 g/mol. The summed E-state index contributed by atoms with van der Waals surface area (Å²) in [4.78, 5) is 27.5. The molecule has 1 aliphatic rings. The highest BCUT2D eigenvalue weighted by molar-refractivity contribution is 6.34. The Morgan fingerprint density at radius 3 is 2.80 bits per heavy atom. The minimum atomic E-state index is -0.523. The summed E-state index contributed by atoms with van der Waals surface area (Å²) in [5.74, 6) is 0.611. The Morgan fingerprint density at radius 2 is 2.08 bits per heavy atom. The Bertz CT molecular complexity index is 803. The van der Waals surface area contributed by atoms with Gasteiger partial charge >= 0.3 is 6.09 Å². The van der Waals surface area contributed by atoms with Gasteiger partial charge in [0.05, 0.1) is 23.4 Å². The van der Waals surface area contributed by atoms with Crippen LogP contribution >= 0.6 is 11.6 Å². The minimum Gasteiger partial charge on any atom is -0.444 e. The number of nitrogens with zero attached hydrogens (tertiary/aromatic N) is 4. The molecule has 0 aliphatic carbocycles. The van der Waals surface area contributed by atoms with E-state index in [2.05, 4.69) is 15.0 Å². The second-order valence-electron chi connectivity index (χ2n) is 7.37. The Hall–Kier alpha value is -1.95. The molecule has 1 unspecified atom stereocenters. The topological polar surface area (TPSA) is 68.2 Å². The lowest BCUT2D eigenvalue weighted by Gasteiger charge is -2.36. The molecule has 1 amide bonds. The fraction of sp³-hybridized carbons (Fsp3) is 0.556. The summed E-state index contributed by atoms with van der Waals surface area (Å²) < 4.78 is 5.56. The van der Waals surface area contributed by atoms with Crippen molar-refractivity contribution in [3.63, 3.8) is 0 Å². The van der Waals surface area contributed by atoms with Crippen molar-refractivity contribution in [1.29, 1.82) is 0 Å². The number of carbonyl (C=O) groups excluding carboxylic acids is 1. The normalized spacial score (nSPS) is 18.4. The van der Waals surface area contributed by atoms with E-state index in [1.807, 2.05) is 26.8 Å². The molecule has 1 aliphatic heterocycles. The number of hydrogen-bond acceptors (Lipinski definition) is 5. The van der Waals surface area contributed by atoms with Crippen LogP contribution in [0.25, 0.3) is 10.9 Å². The van der Waals surface area contributed by atoms with Gasteiger partial charge in [-0.1, -0.05) is 11.6 Å². The van der Waals surface area contributed by atoms with E-state index in [9.17, 15) is 4.79 Å². The average molecular weight is 363 g/mol. The van der Waals surface area contributed by atoms with Gasteiger partial charge in [0, 0.05) is 11.9 Å². The molecule has 134 valence electrons. The number of aromatic nitrogens is 3. The Labute approximate surface area is 152 Å². The molecule has 0 spiro atoms. The summed E-state index contributed by atoms with van der Waals surface area (Å²) in [5.41, 5.74) is 0.984. The van der Waals surface area contributed by atoms with Crippen LogP contribution in [0.15, 0.2) is 12.3 Å². The minimum absolute atomic E-state index is 0.120. The van der Waals surface area contributed by atoms with Crippen molar-refractivity contribution in [2.45, 2.75) is 58.6 Å². The van der Waals surface area contributed by atoms with Crippen LogP contribution in [0.4, 0.5) is 4.79 Å². The van der Waals surface area contributed by atoms with Crippen molar-refractivity contribution in [2.75, 3.05) is 6.54 Å². The fourth-order valence-corrected chi connectivity index (χ4v) is 3.35. The van der Waals surface area contributed by atoms with E-state index in [4.69, 9.17) is 16.3 Å². The lowest BCUT2D eigenvalue weighted by atomic mass is 9.98. The molecule has 7 heteroatoms. The molecule has 2 aromatic heterocycles. The van der Waals surface area contributed by atoms with E-state index in [1.54, 1.807) is 18.0 Å². The van der Waals surface area contributed by atoms with E-state index >= 15 is 0 Å². The van der Waals surface area contributed by atoms with Crippen LogP contribution in [0.2, 0.25) is 5.15 Å². The maximum absolute atomic E-state index is 12.6. The van der Waals surface area contributed by atoms with Crippen molar-refractivity contribution in [3.8, 4) is 0 Å². The maximum atomic E-state index is 12.6. The van der Waals surface area contributed by atoms with Crippen LogP contribution in [0.3, 0.4) is 0 Å². The first-order valence-corrected chi connectivity index (χ1v) is 8.92. The van der Waals surface area contributed by atoms with Crippen LogP contribution in [-0.2, 0) is 4.74 Å². The fourth-order valence-electron chi connectivity index (χ4n) is 3.08. The predicted molar refractivity (Wildman–Crippen MR) is 96.6 cm³/mol. The number of rotatable bonds is 1. The molecule has 0 saturated carbocycles. The van der Waals surface area contributed by atoms with Crippen LogP contribution in [0, 0.1) is 6.92 Å². The predicted octanol–water partition coefficient (Wildman–Crippen LogP) is 4.45. The van der Waals surface area contributed by atoms with Crippen molar-refractivity contribution in [3.05, 3.63) is 28.9 Å². The molecule has 1 fully saturated rings. The van der Waals surface area contributed by atoms with Gasteiger partial charge in [-0.15, -0.1) is 0 Å². The third kappa shape index (κ3) is 4.00. The highest BCUT2D eigenvalue weighted by Crippen LogP contribution is 2.33. The molecule has 0 aromatic carbocycles. The van der Waals surface area contributed by atoms with E-state index in [-0.39, 0.29) is 12.1 Å². The van der Waals surface area contributed by atoms with E-state index < -0.39 is 5.60 Å². The van der Waals surface area contributed by atoms with Crippen LogP contribution < -0.4 is 0 Å². The SMILES string of the molecule is Cc1nc(Cl)c2cc(C3CCCCN3C(=O)OC(C)(C)C)ncc2n1. The summed E-state index contributed by atoms with van der Waals surface area (Å²) in [5, 5.41) is 1.16. The second kappa shape index (κ2) is 6.75. The zero-order chi connectivity index (χ0) is 18.2. The number of aryl methyl sites for hydroxylation is 1. The van der Waals surface area contributed by atoms with E-state index in [0.717, 1.165) is 30.3 Å². The summed E-state index contributed by atoms with van der Waals surface area (Å²) >= 11 is 6.28. The second-order valence-corrected chi connectivity index (χ2v) is 7.73. The Balaban J connectivity index is 1.95. The van der Waals surface area contributed by atoms with Crippen LogP contribution in [0.1, 0.15) is 57.6 Å². The molecule has 2 aromatic rings. The molecule has 0 radical (unpaired) electrons. The number of halogens is 1. The number of hydrogen-bond donors (Lipinski definition) is 0. The van der Waals surface area contributed by atoms with Gasteiger partial charge in [-0.25, -0.2) is 14.8 Å². The van der Waals surface area contributed by atoms with Gasteiger partial charge < -0.3 is 4.74 Å². The zero-order valence-corrected chi connectivity index (χ0v) is 15.8. The highest BCUT2D eigenvalue weighted by atomic mass is 35.5. The van der Waals surface area contributed by atoms with Crippen molar-refractivity contribution < 1.29 is 9.53 Å². The number of carbonyl (C=O) groups is 1. The molecule has 0 bridgehead atoms. The van der Waals surface area contributed by atoms with Gasteiger partial charge in [0.1, 0.15) is 16.6 Å². The summed E-state index contributed by atoms with van der Waals surface area (Å²) in [6.45, 7) is 8.08. The quantitative estimate of drug-likeness (QED) is 0.701. The number of amides is 1. The van der Waals surface area contributed by atoms with Gasteiger partial charge in [-0.05, 0) is 53.0 Å². The van der Waals surface area contributed by atoms with E-state index in [0.29, 0.717) is 23.0 Å². The molecule has 6 nitrogen and oxygen atoms in total. The van der Waals surface area contributed by atoms with Gasteiger partial charge in [0.2, 0.25) is 0 Å². The van der Waals surface area contributed by atoms with Crippen molar-refractivity contribution >= 4 is 28.6 Å². The summed E-state index contributed by atoms with van der Waals surface area (Å²) in [6, 6.07) is 1.77. The number of piperidine rings is 1. The van der Waals surface area contributed by atoms with Gasteiger partial charge in [0.25, 0.3) is 0 Å². The molecule has 1 atom stereocenters. The van der Waals surface area contributed by atoms with E-state index in [1.165, 1.54) is 0 Å². The summed E-state index contributed by atoms with van der Waals surface area (Å²) in [7, 11) is 0. The largest absolute Gasteiger partial charge is 0.444 e. The van der Waals surface area contributed by atoms with Gasteiger partial charge in [-0.2, -0.15) is 0 Å². The lowest BCUT2D eigenvalue weighted by Crippen LogP contribution is -2.42. The average Bonchev–Trinajstić information content (AvgIpc) is 2.53. The number of ether oxygens (including phenoxy) is 1. The zero-order valence-electron chi connectivity index (χ0n) is 15.0. The number of pyridine rings is 1. The maximum Gasteiger partial charge on any atom is 0.410 e. The molecule has 0 N–H and O–H groups in total. The first kappa shape index (κ1) is 17.9. The van der Waals surface area contributed by atoms with Crippen LogP contribution in [0.5, 0.6) is 0 Å². The Kier molecular flexibility index (Phi) is 4.82. The van der Waals surface area contributed by atoms with Crippen molar-refractivity contribution in [1.82, 2.24) is 19.9 Å². The smallest absolute Gasteiger partial charge is 0.410 e. The summed E-state index contributed by atoms with van der Waals surface area (Å²) in [6.07, 6.45) is 4.26. The standard InChI is InChI=1S/C18H23ClN4O2/c1-11-21-14-10-20-13(9-12(14)16(19)22-11)15-7-5-6-8-23(15)17(24)25-18(2,3)4/h9-10,15H,5-8H2,1-4H3. The molecule has 25 heavy (non-hydrogen) atoms. The number of likely N-dealkylation sites (tertiary alicyclic amines) is 1. The Morgan fingerprint density at radius 1 is 1.32 bits per heavy atom. The third-order valence-electron chi connectivity index (χ3n) is 4.14. The molecule has 1 saturated heterocycles. The van der Waals surface area contributed by atoms with Gasteiger partial charge in [-0.3, -0.25) is 9.88 Å². The molecule has 3 rings (SSSR count). The third-order valence-corrected chi connectivity index (χ3v) is 4.43. The molecular formula is C18H23ClN4O2. The van der Waals surface area contributed by atoms with Crippen LogP contribution in [-0.4, -0.2) is 38.1 Å². The number of fused-ring (bicyclic) bond motifs is 1.